The fraction of sp³-hybridized carbons (Fsp3) is 0.0667. The third kappa shape index (κ3) is 2.47. The maximum absolute atomic E-state index is 11.4. The molecule has 0 heterocycles. The standard InChI is InChI=1S/C15H12O5/c1-20-10-7-11(9-5-3-2-4-6-9)13(15(18)19)12(8-10)14(16)17/h2-8H,1H3,(H,16,17)(H,18,19). The second kappa shape index (κ2) is 5.44. The first-order valence-electron chi connectivity index (χ1n) is 5.78. The van der Waals surface area contributed by atoms with Crippen LogP contribution in [-0.2, 0) is 0 Å². The number of carboxylic acid groups (broad SMARTS) is 2. The lowest BCUT2D eigenvalue weighted by molar-refractivity contribution is 0.0652. The summed E-state index contributed by atoms with van der Waals surface area (Å²) in [7, 11) is 1.40. The highest BCUT2D eigenvalue weighted by atomic mass is 16.5. The van der Waals surface area contributed by atoms with Gasteiger partial charge in [-0.05, 0) is 17.7 Å². The molecule has 0 saturated heterocycles. The van der Waals surface area contributed by atoms with Gasteiger partial charge in [0.1, 0.15) is 5.75 Å². The van der Waals surface area contributed by atoms with E-state index in [1.807, 2.05) is 0 Å². The average molecular weight is 272 g/mol. The van der Waals surface area contributed by atoms with Gasteiger partial charge < -0.3 is 14.9 Å². The van der Waals surface area contributed by atoms with Crippen LogP contribution < -0.4 is 4.74 Å². The Morgan fingerprint density at radius 3 is 2.15 bits per heavy atom. The predicted molar refractivity (Wildman–Crippen MR) is 72.3 cm³/mol. The topological polar surface area (TPSA) is 83.8 Å². The molecule has 0 aliphatic carbocycles. The predicted octanol–water partition coefficient (Wildman–Crippen LogP) is 2.76. The molecule has 2 aromatic carbocycles. The molecular weight excluding hydrogens is 260 g/mol. The third-order valence-electron chi connectivity index (χ3n) is 2.88. The van der Waals surface area contributed by atoms with E-state index in [9.17, 15) is 19.8 Å². The summed E-state index contributed by atoms with van der Waals surface area (Å²) in [6.45, 7) is 0. The van der Waals surface area contributed by atoms with Crippen LogP contribution in [0.1, 0.15) is 20.7 Å². The highest BCUT2D eigenvalue weighted by Gasteiger charge is 2.22. The summed E-state index contributed by atoms with van der Waals surface area (Å²) >= 11 is 0. The highest BCUT2D eigenvalue weighted by molar-refractivity contribution is 6.07. The van der Waals surface area contributed by atoms with Crippen molar-refractivity contribution in [2.45, 2.75) is 0 Å². The molecule has 0 fully saturated rings. The van der Waals surface area contributed by atoms with E-state index in [-0.39, 0.29) is 11.1 Å². The Labute approximate surface area is 115 Å². The van der Waals surface area contributed by atoms with E-state index >= 15 is 0 Å². The summed E-state index contributed by atoms with van der Waals surface area (Å²) in [5.74, 6) is -2.30. The highest BCUT2D eigenvalue weighted by Crippen LogP contribution is 2.31. The SMILES string of the molecule is COc1cc(C(=O)O)c(C(=O)O)c(-c2ccccc2)c1. The zero-order valence-corrected chi connectivity index (χ0v) is 10.7. The van der Waals surface area contributed by atoms with E-state index < -0.39 is 11.9 Å². The van der Waals surface area contributed by atoms with Crippen molar-refractivity contribution >= 4 is 11.9 Å². The zero-order valence-electron chi connectivity index (χ0n) is 10.7. The smallest absolute Gasteiger partial charge is 0.337 e. The van der Waals surface area contributed by atoms with Crippen LogP contribution in [0, 0.1) is 0 Å². The second-order valence-corrected chi connectivity index (χ2v) is 4.07. The molecule has 2 rings (SSSR count). The van der Waals surface area contributed by atoms with Crippen LogP contribution in [0.5, 0.6) is 5.75 Å². The lowest BCUT2D eigenvalue weighted by atomic mass is 9.95. The van der Waals surface area contributed by atoms with Gasteiger partial charge in [0.25, 0.3) is 0 Å². The van der Waals surface area contributed by atoms with Crippen molar-refractivity contribution in [3.05, 3.63) is 53.6 Å². The van der Waals surface area contributed by atoms with E-state index in [1.165, 1.54) is 19.2 Å². The van der Waals surface area contributed by atoms with Gasteiger partial charge >= 0.3 is 11.9 Å². The second-order valence-electron chi connectivity index (χ2n) is 4.07. The molecule has 2 N–H and O–H groups in total. The number of carbonyl (C=O) groups is 2. The number of carboxylic acids is 2. The average Bonchev–Trinajstić information content (AvgIpc) is 2.46. The maximum atomic E-state index is 11.4. The van der Waals surface area contributed by atoms with E-state index in [1.54, 1.807) is 30.3 Å². The summed E-state index contributed by atoms with van der Waals surface area (Å²) in [5.41, 5.74) is 0.390. The Morgan fingerprint density at radius 2 is 1.65 bits per heavy atom. The Kier molecular flexibility index (Phi) is 3.70. The number of ether oxygens (including phenoxy) is 1. The van der Waals surface area contributed by atoms with Crippen LogP contribution in [0.2, 0.25) is 0 Å². The summed E-state index contributed by atoms with van der Waals surface area (Å²) in [4.78, 5) is 22.7. The number of hydrogen-bond donors (Lipinski definition) is 2. The van der Waals surface area contributed by atoms with Gasteiger partial charge in [-0.15, -0.1) is 0 Å². The number of aromatic carboxylic acids is 2. The minimum atomic E-state index is -1.31. The molecule has 0 aliphatic heterocycles. The van der Waals surface area contributed by atoms with Crippen molar-refractivity contribution in [3.8, 4) is 16.9 Å². The van der Waals surface area contributed by atoms with E-state index in [4.69, 9.17) is 4.74 Å². The summed E-state index contributed by atoms with van der Waals surface area (Å²) < 4.78 is 5.05. The molecule has 0 amide bonds. The number of hydrogen-bond acceptors (Lipinski definition) is 3. The Bertz CT molecular complexity index is 661. The van der Waals surface area contributed by atoms with E-state index in [0.717, 1.165) is 0 Å². The van der Waals surface area contributed by atoms with Crippen molar-refractivity contribution in [3.63, 3.8) is 0 Å². The van der Waals surface area contributed by atoms with Crippen LogP contribution in [0.15, 0.2) is 42.5 Å². The largest absolute Gasteiger partial charge is 0.497 e. The normalized spacial score (nSPS) is 10.1. The fourth-order valence-corrected chi connectivity index (χ4v) is 1.98. The molecule has 0 atom stereocenters. The number of methoxy groups -OCH3 is 1. The Morgan fingerprint density at radius 1 is 1.00 bits per heavy atom. The monoisotopic (exact) mass is 272 g/mol. The molecule has 0 aliphatic rings. The van der Waals surface area contributed by atoms with Crippen LogP contribution in [0.3, 0.4) is 0 Å². The molecular formula is C15H12O5. The minimum Gasteiger partial charge on any atom is -0.497 e. The molecule has 102 valence electrons. The molecule has 0 bridgehead atoms. The van der Waals surface area contributed by atoms with Gasteiger partial charge in [0.2, 0.25) is 0 Å². The Balaban J connectivity index is 2.80. The van der Waals surface area contributed by atoms with Crippen molar-refractivity contribution in [1.82, 2.24) is 0 Å². The lowest BCUT2D eigenvalue weighted by Gasteiger charge is -2.12. The Hall–Kier alpha value is -2.82. The first-order chi connectivity index (χ1) is 9.54. The summed E-state index contributed by atoms with van der Waals surface area (Å²) in [6.07, 6.45) is 0. The molecule has 5 heteroatoms. The van der Waals surface area contributed by atoms with E-state index in [2.05, 4.69) is 0 Å². The van der Waals surface area contributed by atoms with Crippen molar-refractivity contribution in [2.75, 3.05) is 7.11 Å². The van der Waals surface area contributed by atoms with Crippen LogP contribution in [-0.4, -0.2) is 29.3 Å². The molecule has 20 heavy (non-hydrogen) atoms. The van der Waals surface area contributed by atoms with Gasteiger partial charge in [-0.3, -0.25) is 0 Å². The van der Waals surface area contributed by atoms with E-state index in [0.29, 0.717) is 16.9 Å². The quantitative estimate of drug-likeness (QED) is 0.894. The summed E-state index contributed by atoms with van der Waals surface area (Å²) in [6, 6.07) is 11.5. The minimum absolute atomic E-state index is 0.246. The molecule has 0 saturated carbocycles. The van der Waals surface area contributed by atoms with Crippen molar-refractivity contribution in [1.29, 1.82) is 0 Å². The van der Waals surface area contributed by atoms with Crippen molar-refractivity contribution in [2.24, 2.45) is 0 Å². The van der Waals surface area contributed by atoms with Gasteiger partial charge in [0, 0.05) is 5.56 Å². The van der Waals surface area contributed by atoms with Gasteiger partial charge in [-0.2, -0.15) is 0 Å². The zero-order chi connectivity index (χ0) is 14.7. The molecule has 0 unspecified atom stereocenters. The molecule has 0 spiro atoms. The van der Waals surface area contributed by atoms with Gasteiger partial charge in [0.15, 0.2) is 0 Å². The van der Waals surface area contributed by atoms with Gasteiger partial charge in [-0.1, -0.05) is 30.3 Å². The van der Waals surface area contributed by atoms with Crippen molar-refractivity contribution < 1.29 is 24.5 Å². The van der Waals surface area contributed by atoms with Gasteiger partial charge in [-0.25, -0.2) is 9.59 Å². The molecule has 2 aromatic rings. The first kappa shape index (κ1) is 13.6. The number of benzene rings is 2. The fourth-order valence-electron chi connectivity index (χ4n) is 1.98. The van der Waals surface area contributed by atoms with Crippen LogP contribution in [0.25, 0.3) is 11.1 Å². The van der Waals surface area contributed by atoms with Gasteiger partial charge in [0.05, 0.1) is 18.2 Å². The molecule has 0 radical (unpaired) electrons. The number of rotatable bonds is 4. The third-order valence-corrected chi connectivity index (χ3v) is 2.88. The molecule has 0 aromatic heterocycles. The summed E-state index contributed by atoms with van der Waals surface area (Å²) in [5, 5.41) is 18.5. The lowest BCUT2D eigenvalue weighted by Crippen LogP contribution is -2.10. The first-order valence-corrected chi connectivity index (χ1v) is 5.78. The van der Waals surface area contributed by atoms with Crippen LogP contribution >= 0.6 is 0 Å². The maximum Gasteiger partial charge on any atom is 0.337 e. The van der Waals surface area contributed by atoms with Crippen LogP contribution in [0.4, 0.5) is 0 Å². The molecule has 5 nitrogen and oxygen atoms in total.